The van der Waals surface area contributed by atoms with E-state index < -0.39 is 0 Å². The molecule has 0 N–H and O–H groups in total. The molecule has 0 saturated heterocycles. The zero-order valence-corrected chi connectivity index (χ0v) is 15.5. The van der Waals surface area contributed by atoms with Gasteiger partial charge in [0.05, 0.1) is 24.0 Å². The van der Waals surface area contributed by atoms with Gasteiger partial charge in [0.1, 0.15) is 0 Å². The number of carbonyl (C=O) groups excluding carboxylic acids is 1. The molecular weight excluding hydrogens is 358 g/mol. The van der Waals surface area contributed by atoms with Crippen LogP contribution in [0.3, 0.4) is 0 Å². The van der Waals surface area contributed by atoms with Crippen molar-refractivity contribution < 1.29 is 13.9 Å². The molecule has 0 aliphatic carbocycles. The predicted octanol–water partition coefficient (Wildman–Crippen LogP) is 4.15. The van der Waals surface area contributed by atoms with Gasteiger partial charge >= 0.3 is 5.97 Å². The molecule has 0 bridgehead atoms. The monoisotopic (exact) mass is 375 g/mol. The number of hydrogen-bond acceptors (Lipinski definition) is 8. The van der Waals surface area contributed by atoms with E-state index in [0.29, 0.717) is 24.1 Å². The van der Waals surface area contributed by atoms with Crippen molar-refractivity contribution in [2.24, 2.45) is 0 Å². The lowest BCUT2D eigenvalue weighted by Crippen LogP contribution is -2.07. The number of aromatic nitrogens is 3. The Balaban J connectivity index is 1.63. The average molecular weight is 375 g/mol. The molecule has 3 aromatic rings. The summed E-state index contributed by atoms with van der Waals surface area (Å²) < 4.78 is 11.6. The second kappa shape index (κ2) is 8.26. The maximum atomic E-state index is 11.5. The van der Waals surface area contributed by atoms with E-state index in [-0.39, 0.29) is 17.6 Å². The molecule has 0 radical (unpaired) electrons. The standard InChI is InChI=1S/C17H17N3O3S2/c1-3-22-14(21)9-13-10-24-17(18-13)25-11(2)15-19-20-16(23-15)12-7-5-4-6-8-12/h4-8,10-11H,3,9H2,1-2H3/t11-/m0/s1. The summed E-state index contributed by atoms with van der Waals surface area (Å²) >= 11 is 3.02. The van der Waals surface area contributed by atoms with Crippen LogP contribution in [0.4, 0.5) is 0 Å². The maximum absolute atomic E-state index is 11.5. The summed E-state index contributed by atoms with van der Waals surface area (Å²) in [6.45, 7) is 4.15. The first kappa shape index (κ1) is 17.6. The molecule has 25 heavy (non-hydrogen) atoms. The van der Waals surface area contributed by atoms with Crippen LogP contribution < -0.4 is 0 Å². The summed E-state index contributed by atoms with van der Waals surface area (Å²) in [5, 5.41) is 10.1. The Bertz CT molecular complexity index is 833. The van der Waals surface area contributed by atoms with E-state index in [1.165, 1.54) is 23.1 Å². The quantitative estimate of drug-likeness (QED) is 0.453. The zero-order valence-electron chi connectivity index (χ0n) is 13.8. The highest BCUT2D eigenvalue weighted by Gasteiger charge is 2.18. The fourth-order valence-electron chi connectivity index (χ4n) is 2.08. The maximum Gasteiger partial charge on any atom is 0.311 e. The lowest BCUT2D eigenvalue weighted by atomic mass is 10.2. The number of hydrogen-bond donors (Lipinski definition) is 0. The Morgan fingerprint density at radius 1 is 1.32 bits per heavy atom. The van der Waals surface area contributed by atoms with E-state index in [1.807, 2.05) is 42.6 Å². The third-order valence-corrected chi connectivity index (χ3v) is 5.36. The van der Waals surface area contributed by atoms with Gasteiger partial charge in [0.2, 0.25) is 11.8 Å². The Morgan fingerprint density at radius 2 is 2.12 bits per heavy atom. The molecule has 2 heterocycles. The molecule has 8 heteroatoms. The Morgan fingerprint density at radius 3 is 2.88 bits per heavy atom. The summed E-state index contributed by atoms with van der Waals surface area (Å²) in [5.41, 5.74) is 1.61. The molecule has 1 aromatic carbocycles. The van der Waals surface area contributed by atoms with E-state index in [2.05, 4.69) is 15.2 Å². The van der Waals surface area contributed by atoms with Crippen LogP contribution in [0.25, 0.3) is 11.5 Å². The average Bonchev–Trinajstić information content (AvgIpc) is 3.25. The second-order valence-electron chi connectivity index (χ2n) is 5.16. The lowest BCUT2D eigenvalue weighted by molar-refractivity contribution is -0.142. The van der Waals surface area contributed by atoms with Crippen molar-refractivity contribution in [2.45, 2.75) is 29.9 Å². The number of carbonyl (C=O) groups is 1. The summed E-state index contributed by atoms with van der Waals surface area (Å²) in [6.07, 6.45) is 0.192. The van der Waals surface area contributed by atoms with E-state index in [4.69, 9.17) is 9.15 Å². The molecule has 130 valence electrons. The smallest absolute Gasteiger partial charge is 0.311 e. The van der Waals surface area contributed by atoms with E-state index in [9.17, 15) is 4.79 Å². The SMILES string of the molecule is CCOC(=O)Cc1csc(S[C@@H](C)c2nnc(-c3ccccc3)o2)n1. The molecule has 3 rings (SSSR count). The van der Waals surface area contributed by atoms with Gasteiger partial charge in [-0.25, -0.2) is 4.98 Å². The van der Waals surface area contributed by atoms with Crippen molar-refractivity contribution in [3.8, 4) is 11.5 Å². The van der Waals surface area contributed by atoms with Crippen molar-refractivity contribution in [2.75, 3.05) is 6.61 Å². The lowest BCUT2D eigenvalue weighted by Gasteiger charge is -2.03. The molecule has 2 aromatic heterocycles. The number of benzene rings is 1. The van der Waals surface area contributed by atoms with Gasteiger partial charge < -0.3 is 9.15 Å². The van der Waals surface area contributed by atoms with Gasteiger partial charge in [-0.1, -0.05) is 30.0 Å². The minimum absolute atomic E-state index is 0.0356. The Hall–Kier alpha value is -2.19. The highest BCUT2D eigenvalue weighted by Crippen LogP contribution is 2.36. The first-order chi connectivity index (χ1) is 12.2. The van der Waals surface area contributed by atoms with Crippen LogP contribution in [0, 0.1) is 0 Å². The fourth-order valence-corrected chi connectivity index (χ4v) is 4.09. The highest BCUT2D eigenvalue weighted by molar-refractivity contribution is 8.01. The van der Waals surface area contributed by atoms with Crippen LogP contribution in [-0.4, -0.2) is 27.8 Å². The Kier molecular flexibility index (Phi) is 5.83. The van der Waals surface area contributed by atoms with Gasteiger partial charge in [0.15, 0.2) is 4.34 Å². The molecule has 0 aliphatic heterocycles. The van der Waals surface area contributed by atoms with Crippen molar-refractivity contribution >= 4 is 29.1 Å². The van der Waals surface area contributed by atoms with Gasteiger partial charge in [0.25, 0.3) is 0 Å². The van der Waals surface area contributed by atoms with Crippen LogP contribution in [0.2, 0.25) is 0 Å². The summed E-state index contributed by atoms with van der Waals surface area (Å²) in [6, 6.07) is 9.65. The first-order valence-electron chi connectivity index (χ1n) is 7.81. The third-order valence-electron chi connectivity index (χ3n) is 3.25. The van der Waals surface area contributed by atoms with E-state index in [1.54, 1.807) is 6.92 Å². The summed E-state index contributed by atoms with van der Waals surface area (Å²) in [5.74, 6) is 0.790. The van der Waals surface area contributed by atoms with E-state index >= 15 is 0 Å². The topological polar surface area (TPSA) is 78.1 Å². The summed E-state index contributed by atoms with van der Waals surface area (Å²) in [4.78, 5) is 16.0. The Labute approximate surface area is 153 Å². The van der Waals surface area contributed by atoms with Crippen molar-refractivity contribution in [3.63, 3.8) is 0 Å². The number of esters is 1. The predicted molar refractivity (Wildman–Crippen MR) is 96.5 cm³/mol. The van der Waals surface area contributed by atoms with Gasteiger partial charge in [-0.05, 0) is 26.0 Å². The number of thioether (sulfide) groups is 1. The molecule has 6 nitrogen and oxygen atoms in total. The van der Waals surface area contributed by atoms with Crippen molar-refractivity contribution in [1.29, 1.82) is 0 Å². The highest BCUT2D eigenvalue weighted by atomic mass is 32.2. The molecule has 1 atom stereocenters. The van der Waals surface area contributed by atoms with Crippen LogP contribution in [-0.2, 0) is 16.0 Å². The summed E-state index contributed by atoms with van der Waals surface area (Å²) in [7, 11) is 0. The second-order valence-corrected chi connectivity index (χ2v) is 7.60. The zero-order chi connectivity index (χ0) is 17.6. The normalized spacial score (nSPS) is 12.1. The van der Waals surface area contributed by atoms with E-state index in [0.717, 1.165) is 9.90 Å². The number of rotatable bonds is 7. The minimum atomic E-state index is -0.262. The molecule has 0 saturated carbocycles. The first-order valence-corrected chi connectivity index (χ1v) is 9.57. The van der Waals surface area contributed by atoms with Gasteiger partial charge in [-0.3, -0.25) is 4.79 Å². The van der Waals surface area contributed by atoms with Gasteiger partial charge in [0, 0.05) is 10.9 Å². The van der Waals surface area contributed by atoms with Crippen LogP contribution in [0.15, 0.2) is 44.5 Å². The molecule has 0 unspecified atom stereocenters. The van der Waals surface area contributed by atoms with Crippen LogP contribution in [0.5, 0.6) is 0 Å². The fraction of sp³-hybridized carbons (Fsp3) is 0.294. The molecular formula is C17H17N3O3S2. The number of nitrogens with zero attached hydrogens (tertiary/aromatic N) is 3. The number of thiazole rings is 1. The van der Waals surface area contributed by atoms with Crippen molar-refractivity contribution in [3.05, 3.63) is 47.3 Å². The van der Waals surface area contributed by atoms with Gasteiger partial charge in [-0.2, -0.15) is 0 Å². The molecule has 0 spiro atoms. The third kappa shape index (κ3) is 4.67. The molecule has 0 fully saturated rings. The van der Waals surface area contributed by atoms with Crippen molar-refractivity contribution in [1.82, 2.24) is 15.2 Å². The van der Waals surface area contributed by atoms with Crippen LogP contribution in [0.1, 0.15) is 30.7 Å². The number of ether oxygens (including phenoxy) is 1. The molecule has 0 aliphatic rings. The largest absolute Gasteiger partial charge is 0.466 e. The molecule has 0 amide bonds. The minimum Gasteiger partial charge on any atom is -0.466 e. The van der Waals surface area contributed by atoms with Gasteiger partial charge in [-0.15, -0.1) is 21.5 Å². The van der Waals surface area contributed by atoms with Crippen LogP contribution >= 0.6 is 23.1 Å².